The number of hydrogen-bond acceptors (Lipinski definition) is 0. The van der Waals surface area contributed by atoms with E-state index in [1.807, 2.05) is 0 Å². The lowest BCUT2D eigenvalue weighted by Crippen LogP contribution is -1.93. The van der Waals surface area contributed by atoms with Gasteiger partial charge in [-0.2, -0.15) is 0 Å². The Hall–Kier alpha value is -6.24. The highest BCUT2D eigenvalue weighted by Gasteiger charge is 2.31. The SMILES string of the molecule is Cc1cc2c3c(c(C)ccc3c1)-c1cc(-c3ccc4c5c(cccc35)-c3c-4c(-c4ccccc4)c4ccccc4c3-c3ccccc3)ccc1-2. The van der Waals surface area contributed by atoms with Crippen molar-refractivity contribution < 1.29 is 0 Å². The summed E-state index contributed by atoms with van der Waals surface area (Å²) >= 11 is 0. The molecule has 0 fully saturated rings. The average molecular weight is 633 g/mol. The molecule has 0 atom stereocenters. The normalized spacial score (nSPS) is 12.2. The van der Waals surface area contributed by atoms with E-state index in [0.717, 1.165) is 0 Å². The molecule has 50 heavy (non-hydrogen) atoms. The Kier molecular flexibility index (Phi) is 5.61. The van der Waals surface area contributed by atoms with Gasteiger partial charge in [0.05, 0.1) is 0 Å². The van der Waals surface area contributed by atoms with Crippen molar-refractivity contribution in [3.63, 3.8) is 0 Å². The van der Waals surface area contributed by atoms with Crippen molar-refractivity contribution in [1.82, 2.24) is 0 Å². The Bertz CT molecular complexity index is 2820. The van der Waals surface area contributed by atoms with E-state index in [4.69, 9.17) is 0 Å². The Morgan fingerprint density at radius 1 is 0.300 bits per heavy atom. The van der Waals surface area contributed by atoms with Gasteiger partial charge in [-0.05, 0) is 141 Å². The van der Waals surface area contributed by atoms with Gasteiger partial charge in [0.15, 0.2) is 0 Å². The van der Waals surface area contributed by atoms with E-state index in [1.54, 1.807) is 0 Å². The Morgan fingerprint density at radius 2 is 0.900 bits per heavy atom. The largest absolute Gasteiger partial charge is 0.0622 e. The quantitative estimate of drug-likeness (QED) is 0.182. The molecule has 0 aliphatic heterocycles. The first-order valence-corrected chi connectivity index (χ1v) is 17.6. The van der Waals surface area contributed by atoms with Gasteiger partial charge in [0.25, 0.3) is 0 Å². The van der Waals surface area contributed by atoms with Crippen molar-refractivity contribution in [2.75, 3.05) is 0 Å². The molecule has 0 nitrogen and oxygen atoms in total. The molecule has 0 saturated heterocycles. The number of benzene rings is 9. The number of rotatable bonds is 3. The van der Waals surface area contributed by atoms with Gasteiger partial charge in [-0.15, -0.1) is 0 Å². The van der Waals surface area contributed by atoms with Crippen LogP contribution < -0.4 is 0 Å². The minimum absolute atomic E-state index is 1.25. The maximum Gasteiger partial charge on any atom is -0.000741 e. The Labute approximate surface area is 291 Å². The van der Waals surface area contributed by atoms with Crippen LogP contribution in [0.1, 0.15) is 11.1 Å². The second-order valence-corrected chi connectivity index (χ2v) is 14.1. The maximum absolute atomic E-state index is 2.46. The van der Waals surface area contributed by atoms with Gasteiger partial charge in [0.2, 0.25) is 0 Å². The third-order valence-corrected chi connectivity index (χ3v) is 11.3. The molecule has 0 heteroatoms. The highest BCUT2D eigenvalue weighted by Crippen LogP contribution is 2.59. The zero-order valence-corrected chi connectivity index (χ0v) is 28.0. The van der Waals surface area contributed by atoms with E-state index in [0.29, 0.717) is 0 Å². The van der Waals surface area contributed by atoms with Crippen LogP contribution in [0.4, 0.5) is 0 Å². The van der Waals surface area contributed by atoms with E-state index in [-0.39, 0.29) is 0 Å². The van der Waals surface area contributed by atoms with Crippen molar-refractivity contribution in [3.05, 3.63) is 169 Å². The van der Waals surface area contributed by atoms with Gasteiger partial charge in [-0.1, -0.05) is 152 Å². The van der Waals surface area contributed by atoms with Crippen molar-refractivity contribution in [2.24, 2.45) is 0 Å². The topological polar surface area (TPSA) is 0 Å². The molecule has 2 aliphatic rings. The number of hydrogen-bond donors (Lipinski definition) is 0. The van der Waals surface area contributed by atoms with E-state index >= 15 is 0 Å². The molecular weight excluding hydrogens is 601 g/mol. The summed E-state index contributed by atoms with van der Waals surface area (Å²) in [5.74, 6) is 0. The van der Waals surface area contributed by atoms with Crippen molar-refractivity contribution >= 4 is 32.3 Å². The average Bonchev–Trinajstić information content (AvgIpc) is 3.67. The van der Waals surface area contributed by atoms with Crippen LogP contribution in [-0.4, -0.2) is 0 Å². The van der Waals surface area contributed by atoms with E-state index < -0.39 is 0 Å². The van der Waals surface area contributed by atoms with Crippen LogP contribution in [0.15, 0.2) is 158 Å². The second kappa shape index (κ2) is 10.1. The smallest absolute Gasteiger partial charge is 0.000741 e. The van der Waals surface area contributed by atoms with Crippen LogP contribution in [-0.2, 0) is 0 Å². The van der Waals surface area contributed by atoms with Crippen LogP contribution >= 0.6 is 0 Å². The Balaban J connectivity index is 1.21. The van der Waals surface area contributed by atoms with Crippen LogP contribution in [0.2, 0.25) is 0 Å². The first-order chi connectivity index (χ1) is 24.7. The van der Waals surface area contributed by atoms with E-state index in [9.17, 15) is 0 Å². The van der Waals surface area contributed by atoms with Gasteiger partial charge in [0.1, 0.15) is 0 Å². The van der Waals surface area contributed by atoms with Crippen molar-refractivity contribution in [2.45, 2.75) is 13.8 Å². The van der Waals surface area contributed by atoms with E-state index in [1.165, 1.54) is 121 Å². The molecule has 11 rings (SSSR count). The molecule has 0 aromatic heterocycles. The lowest BCUT2D eigenvalue weighted by molar-refractivity contribution is 1.49. The first-order valence-electron chi connectivity index (χ1n) is 17.6. The predicted molar refractivity (Wildman–Crippen MR) is 214 cm³/mol. The van der Waals surface area contributed by atoms with Gasteiger partial charge in [-0.3, -0.25) is 0 Å². The van der Waals surface area contributed by atoms with Gasteiger partial charge in [0, 0.05) is 0 Å². The highest BCUT2D eigenvalue weighted by atomic mass is 14.3. The van der Waals surface area contributed by atoms with E-state index in [2.05, 4.69) is 172 Å². The fraction of sp³-hybridized carbons (Fsp3) is 0.0400. The fourth-order valence-electron chi connectivity index (χ4n) is 9.29. The van der Waals surface area contributed by atoms with Crippen molar-refractivity contribution in [1.29, 1.82) is 0 Å². The molecule has 0 amide bonds. The first kappa shape index (κ1) is 27.7. The minimum Gasteiger partial charge on any atom is -0.0622 e. The third kappa shape index (κ3) is 3.66. The van der Waals surface area contributed by atoms with Gasteiger partial charge in [-0.25, -0.2) is 0 Å². The molecular formula is C50H32. The molecule has 0 spiro atoms. The summed E-state index contributed by atoms with van der Waals surface area (Å²) in [6.45, 7) is 4.47. The summed E-state index contributed by atoms with van der Waals surface area (Å²) < 4.78 is 0. The van der Waals surface area contributed by atoms with Crippen LogP contribution in [0.25, 0.3) is 110 Å². The molecule has 9 aromatic carbocycles. The number of fused-ring (bicyclic) bond motifs is 7. The highest BCUT2D eigenvalue weighted by molar-refractivity contribution is 6.29. The summed E-state index contributed by atoms with van der Waals surface area (Å²) in [5.41, 5.74) is 21.1. The summed E-state index contributed by atoms with van der Waals surface area (Å²) in [7, 11) is 0. The third-order valence-electron chi connectivity index (χ3n) is 11.3. The minimum atomic E-state index is 1.25. The molecule has 0 saturated carbocycles. The fourth-order valence-corrected chi connectivity index (χ4v) is 9.29. The monoisotopic (exact) mass is 632 g/mol. The van der Waals surface area contributed by atoms with Gasteiger partial charge < -0.3 is 0 Å². The molecule has 0 radical (unpaired) electrons. The summed E-state index contributed by atoms with van der Waals surface area (Å²) in [4.78, 5) is 0. The zero-order chi connectivity index (χ0) is 33.1. The second-order valence-electron chi connectivity index (χ2n) is 14.1. The molecule has 2 aliphatic carbocycles. The predicted octanol–water partition coefficient (Wildman–Crippen LogP) is 14.1. The maximum atomic E-state index is 2.46. The summed E-state index contributed by atoms with van der Waals surface area (Å²) in [5, 5.41) is 7.96. The van der Waals surface area contributed by atoms with Crippen LogP contribution in [0, 0.1) is 13.8 Å². The molecule has 0 N–H and O–H groups in total. The van der Waals surface area contributed by atoms with Crippen LogP contribution in [0.5, 0.6) is 0 Å². The summed E-state index contributed by atoms with van der Waals surface area (Å²) in [6.07, 6.45) is 0. The molecule has 232 valence electrons. The lowest BCUT2D eigenvalue weighted by Gasteiger charge is -2.20. The standard InChI is InChI=1S/C50H32/c1-29-26-34-21-20-30(2)44-43-28-33(22-23-36(43)42(27-29)47(34)44)35-24-25-41-48-37(35)18-11-19-40(48)49-45(31-12-5-3-6-13-31)38-16-9-10-17-39(38)46(50(41)49)32-14-7-4-8-15-32/h3-28H,1-2H3. The molecule has 0 bridgehead atoms. The molecule has 0 unspecified atom stereocenters. The molecule has 0 heterocycles. The van der Waals surface area contributed by atoms with Gasteiger partial charge >= 0.3 is 0 Å². The number of aryl methyl sites for hydroxylation is 2. The Morgan fingerprint density at radius 3 is 1.60 bits per heavy atom. The zero-order valence-electron chi connectivity index (χ0n) is 28.0. The van der Waals surface area contributed by atoms with Crippen LogP contribution in [0.3, 0.4) is 0 Å². The summed E-state index contributed by atoms with van der Waals surface area (Å²) in [6, 6.07) is 59.1. The van der Waals surface area contributed by atoms with Crippen molar-refractivity contribution in [3.8, 4) is 77.9 Å². The lowest BCUT2D eigenvalue weighted by atomic mass is 9.82. The molecule has 9 aromatic rings.